The fourth-order valence-electron chi connectivity index (χ4n) is 3.34. The van der Waals surface area contributed by atoms with Gasteiger partial charge in [-0.1, -0.05) is 42.0 Å². The van der Waals surface area contributed by atoms with E-state index in [2.05, 4.69) is 6.58 Å². The number of aliphatic hydroxyl groups excluding tert-OH is 1. The molecule has 3 unspecified atom stereocenters. The van der Waals surface area contributed by atoms with E-state index < -0.39 is 11.7 Å². The van der Waals surface area contributed by atoms with Gasteiger partial charge in [-0.2, -0.15) is 0 Å². The van der Waals surface area contributed by atoms with Gasteiger partial charge in [0.05, 0.1) is 18.3 Å². The molecule has 0 bridgehead atoms. The van der Waals surface area contributed by atoms with Gasteiger partial charge in [0, 0.05) is 17.4 Å². The minimum atomic E-state index is -0.930. The monoisotopic (exact) mass is 332 g/mol. The Hall–Kier alpha value is -1.65. The zero-order valence-corrected chi connectivity index (χ0v) is 14.8. The van der Waals surface area contributed by atoms with E-state index in [1.165, 1.54) is 0 Å². The standard InChI is InChI=1S/C20H28O4/c1-13-7-8-16-17(6-5-9-20(3,4)23)19(22)24-12-18(16)14(2)11-15(21)10-13/h5-6,9-10,15-16,18,21,23H,2,7-8,11-12H2,1,3-4H3/b9-5+,13-10+,17-6+. The number of hydrogen-bond donors (Lipinski definition) is 2. The van der Waals surface area contributed by atoms with Crippen LogP contribution in [0.2, 0.25) is 0 Å². The second kappa shape index (κ2) is 7.49. The molecule has 1 aliphatic heterocycles. The van der Waals surface area contributed by atoms with Gasteiger partial charge < -0.3 is 14.9 Å². The Morgan fingerprint density at radius 1 is 1.38 bits per heavy atom. The van der Waals surface area contributed by atoms with Gasteiger partial charge in [-0.3, -0.25) is 0 Å². The number of carbonyl (C=O) groups is 1. The molecule has 24 heavy (non-hydrogen) atoms. The summed E-state index contributed by atoms with van der Waals surface area (Å²) in [6, 6.07) is 0. The van der Waals surface area contributed by atoms with E-state index in [0.717, 1.165) is 24.0 Å². The quantitative estimate of drug-likeness (QED) is 0.463. The smallest absolute Gasteiger partial charge is 0.334 e. The molecule has 0 aromatic rings. The average Bonchev–Trinajstić information content (AvgIpc) is 2.49. The molecule has 1 saturated heterocycles. The molecular weight excluding hydrogens is 304 g/mol. The third-order valence-corrected chi connectivity index (χ3v) is 4.62. The first kappa shape index (κ1) is 18.7. The zero-order valence-electron chi connectivity index (χ0n) is 14.8. The highest BCUT2D eigenvalue weighted by molar-refractivity contribution is 5.90. The van der Waals surface area contributed by atoms with Gasteiger partial charge in [0.25, 0.3) is 0 Å². The normalized spacial score (nSPS) is 33.3. The highest BCUT2D eigenvalue weighted by Gasteiger charge is 2.37. The Balaban J connectivity index is 2.32. The molecule has 132 valence electrons. The molecule has 0 saturated carbocycles. The molecule has 4 nitrogen and oxygen atoms in total. The van der Waals surface area contributed by atoms with Crippen molar-refractivity contribution in [3.63, 3.8) is 0 Å². The van der Waals surface area contributed by atoms with Crippen LogP contribution in [0, 0.1) is 11.8 Å². The maximum atomic E-state index is 12.3. The Bertz CT molecular complexity index is 589. The van der Waals surface area contributed by atoms with Crippen LogP contribution in [0.5, 0.6) is 0 Å². The first-order valence-corrected chi connectivity index (χ1v) is 8.49. The van der Waals surface area contributed by atoms with Crippen molar-refractivity contribution in [2.45, 2.75) is 51.7 Å². The molecule has 2 aliphatic rings. The molecule has 2 rings (SSSR count). The summed E-state index contributed by atoms with van der Waals surface area (Å²) in [5.74, 6) is -0.247. The zero-order chi connectivity index (χ0) is 17.9. The molecule has 1 fully saturated rings. The molecular formula is C20H28O4. The number of cyclic esters (lactones) is 1. The lowest BCUT2D eigenvalue weighted by molar-refractivity contribution is -0.144. The van der Waals surface area contributed by atoms with E-state index in [1.54, 1.807) is 32.1 Å². The first-order chi connectivity index (χ1) is 11.2. The van der Waals surface area contributed by atoms with Crippen LogP contribution in [0.3, 0.4) is 0 Å². The van der Waals surface area contributed by atoms with Crippen molar-refractivity contribution in [2.75, 3.05) is 6.61 Å². The Morgan fingerprint density at radius 2 is 2.08 bits per heavy atom. The van der Waals surface area contributed by atoms with E-state index >= 15 is 0 Å². The van der Waals surface area contributed by atoms with E-state index in [9.17, 15) is 15.0 Å². The first-order valence-electron chi connectivity index (χ1n) is 8.49. The Morgan fingerprint density at radius 3 is 2.75 bits per heavy atom. The van der Waals surface area contributed by atoms with Gasteiger partial charge in [-0.25, -0.2) is 4.79 Å². The van der Waals surface area contributed by atoms with Crippen molar-refractivity contribution in [1.29, 1.82) is 0 Å². The molecule has 0 aromatic carbocycles. The van der Waals surface area contributed by atoms with Crippen LogP contribution in [0.4, 0.5) is 0 Å². The summed E-state index contributed by atoms with van der Waals surface area (Å²) in [6.45, 7) is 9.82. The highest BCUT2D eigenvalue weighted by atomic mass is 16.5. The summed E-state index contributed by atoms with van der Waals surface area (Å²) in [5.41, 5.74) is 1.74. The number of aliphatic hydroxyl groups is 2. The summed E-state index contributed by atoms with van der Waals surface area (Å²) in [6.07, 6.45) is 8.59. The van der Waals surface area contributed by atoms with Crippen molar-refractivity contribution in [2.24, 2.45) is 11.8 Å². The predicted octanol–water partition coefficient (Wildman–Crippen LogP) is 3.08. The van der Waals surface area contributed by atoms with Crippen LogP contribution in [0.15, 0.2) is 47.6 Å². The second-order valence-corrected chi connectivity index (χ2v) is 7.43. The van der Waals surface area contributed by atoms with Gasteiger partial charge in [0.1, 0.15) is 0 Å². The fraction of sp³-hybridized carbons (Fsp3) is 0.550. The van der Waals surface area contributed by atoms with Crippen LogP contribution < -0.4 is 0 Å². The lowest BCUT2D eigenvalue weighted by Gasteiger charge is -2.34. The molecule has 4 heteroatoms. The molecule has 1 aliphatic carbocycles. The van der Waals surface area contributed by atoms with Crippen LogP contribution >= 0.6 is 0 Å². The van der Waals surface area contributed by atoms with Crippen molar-refractivity contribution in [3.05, 3.63) is 47.6 Å². The van der Waals surface area contributed by atoms with Crippen LogP contribution in [0.1, 0.15) is 40.0 Å². The summed E-state index contributed by atoms with van der Waals surface area (Å²) >= 11 is 0. The van der Waals surface area contributed by atoms with E-state index in [1.807, 2.05) is 13.0 Å². The maximum absolute atomic E-state index is 12.3. The minimum Gasteiger partial charge on any atom is -0.462 e. The van der Waals surface area contributed by atoms with Gasteiger partial charge in [-0.15, -0.1) is 0 Å². The number of fused-ring (bicyclic) bond motifs is 1. The Labute approximate surface area is 144 Å². The largest absolute Gasteiger partial charge is 0.462 e. The van der Waals surface area contributed by atoms with Crippen molar-refractivity contribution in [1.82, 2.24) is 0 Å². The van der Waals surface area contributed by atoms with Crippen molar-refractivity contribution < 1.29 is 19.7 Å². The van der Waals surface area contributed by atoms with Gasteiger partial charge in [-0.05, 0) is 40.0 Å². The van der Waals surface area contributed by atoms with E-state index in [0.29, 0.717) is 18.6 Å². The SMILES string of the molecule is C=C1CC(O)/C=C(\C)CCC2/C(=C\C=C\C(C)(C)O)C(=O)OCC12. The summed E-state index contributed by atoms with van der Waals surface area (Å²) in [5, 5.41) is 19.9. The average molecular weight is 332 g/mol. The molecule has 0 spiro atoms. The number of hydrogen-bond acceptors (Lipinski definition) is 4. The van der Waals surface area contributed by atoms with Gasteiger partial charge in [0.15, 0.2) is 0 Å². The lowest BCUT2D eigenvalue weighted by Crippen LogP contribution is -2.34. The number of ether oxygens (including phenoxy) is 1. The molecule has 0 radical (unpaired) electrons. The van der Waals surface area contributed by atoms with Crippen LogP contribution in [-0.2, 0) is 9.53 Å². The summed E-state index contributed by atoms with van der Waals surface area (Å²) in [4.78, 5) is 12.3. The third kappa shape index (κ3) is 4.92. The van der Waals surface area contributed by atoms with Crippen molar-refractivity contribution in [3.8, 4) is 0 Å². The predicted molar refractivity (Wildman–Crippen MR) is 94.2 cm³/mol. The van der Waals surface area contributed by atoms with Gasteiger partial charge >= 0.3 is 5.97 Å². The molecule has 1 heterocycles. The van der Waals surface area contributed by atoms with Gasteiger partial charge in [0.2, 0.25) is 0 Å². The van der Waals surface area contributed by atoms with Crippen LogP contribution in [-0.4, -0.2) is 34.5 Å². The van der Waals surface area contributed by atoms with Crippen LogP contribution in [0.25, 0.3) is 0 Å². The molecule has 0 aromatic heterocycles. The van der Waals surface area contributed by atoms with E-state index in [4.69, 9.17) is 4.74 Å². The molecule has 0 amide bonds. The molecule has 3 atom stereocenters. The number of allylic oxidation sites excluding steroid dienone is 3. The Kier molecular flexibility index (Phi) is 5.83. The highest BCUT2D eigenvalue weighted by Crippen LogP contribution is 2.38. The lowest BCUT2D eigenvalue weighted by atomic mass is 9.76. The summed E-state index contributed by atoms with van der Waals surface area (Å²) < 4.78 is 5.35. The minimum absolute atomic E-state index is 0.0263. The third-order valence-electron chi connectivity index (χ3n) is 4.62. The number of esters is 1. The number of rotatable bonds is 2. The second-order valence-electron chi connectivity index (χ2n) is 7.43. The topological polar surface area (TPSA) is 66.8 Å². The number of carbonyl (C=O) groups excluding carboxylic acids is 1. The maximum Gasteiger partial charge on any atom is 0.334 e. The fourth-order valence-corrected chi connectivity index (χ4v) is 3.34. The van der Waals surface area contributed by atoms with Crippen molar-refractivity contribution >= 4 is 5.97 Å². The summed E-state index contributed by atoms with van der Waals surface area (Å²) in [7, 11) is 0. The van der Waals surface area contributed by atoms with E-state index in [-0.39, 0.29) is 17.8 Å². The molecule has 2 N–H and O–H groups in total.